The van der Waals surface area contributed by atoms with Crippen LogP contribution in [0.2, 0.25) is 5.02 Å². The lowest BCUT2D eigenvalue weighted by atomic mass is 10.1. The van der Waals surface area contributed by atoms with E-state index >= 15 is 0 Å². The third kappa shape index (κ3) is 5.38. The zero-order chi connectivity index (χ0) is 25.8. The zero-order valence-electron chi connectivity index (χ0n) is 20.5. The molecular formula is C29H29ClN4O3. The van der Waals surface area contributed by atoms with Crippen LogP contribution in [0.15, 0.2) is 78.9 Å². The molecule has 1 saturated heterocycles. The number of fused-ring (bicyclic) bond motifs is 1. The summed E-state index contributed by atoms with van der Waals surface area (Å²) in [5, 5.41) is 3.63. The smallest absolute Gasteiger partial charge is 0.261 e. The Bertz CT molecular complexity index is 1260. The van der Waals surface area contributed by atoms with Gasteiger partial charge in [-0.05, 0) is 42.3 Å². The van der Waals surface area contributed by atoms with Crippen molar-refractivity contribution in [2.45, 2.75) is 19.0 Å². The number of hydrogen-bond acceptors (Lipinski definition) is 5. The highest BCUT2D eigenvalue weighted by Gasteiger charge is 2.37. The molecular weight excluding hydrogens is 488 g/mol. The Morgan fingerprint density at radius 2 is 1.41 bits per heavy atom. The standard InChI is InChI=1S/C29H29ClN4O3/c30-25-13-7-4-8-21(25)20-31-27(35)26(33-18-16-32(17-19-33)22-9-2-1-3-10-22)14-15-34-28(36)23-11-5-6-12-24(23)29(34)37/h1-13,26H,14-20H2,(H,31,35). The normalized spacial score (nSPS) is 16.6. The number of piperazine rings is 1. The van der Waals surface area contributed by atoms with Gasteiger partial charge in [0.05, 0.1) is 17.2 Å². The second-order valence-electron chi connectivity index (χ2n) is 9.28. The molecule has 1 atom stereocenters. The number of carbonyl (C=O) groups excluding carboxylic acids is 3. The van der Waals surface area contributed by atoms with E-state index in [4.69, 9.17) is 11.6 Å². The minimum Gasteiger partial charge on any atom is -0.369 e. The summed E-state index contributed by atoms with van der Waals surface area (Å²) in [5.41, 5.74) is 2.84. The van der Waals surface area contributed by atoms with Gasteiger partial charge in [0.1, 0.15) is 0 Å². The van der Waals surface area contributed by atoms with Gasteiger partial charge in [-0.2, -0.15) is 0 Å². The van der Waals surface area contributed by atoms with Crippen molar-refractivity contribution in [1.82, 2.24) is 15.1 Å². The third-order valence-electron chi connectivity index (χ3n) is 7.09. The van der Waals surface area contributed by atoms with Gasteiger partial charge in [-0.1, -0.05) is 60.1 Å². The van der Waals surface area contributed by atoms with E-state index in [1.54, 1.807) is 30.3 Å². The van der Waals surface area contributed by atoms with Crippen molar-refractivity contribution in [2.75, 3.05) is 37.6 Å². The van der Waals surface area contributed by atoms with E-state index < -0.39 is 6.04 Å². The second kappa shape index (κ2) is 11.2. The number of rotatable bonds is 8. The lowest BCUT2D eigenvalue weighted by molar-refractivity contribution is -0.127. The second-order valence-corrected chi connectivity index (χ2v) is 9.69. The molecule has 3 aromatic rings. The van der Waals surface area contributed by atoms with Crippen LogP contribution in [-0.2, 0) is 11.3 Å². The zero-order valence-corrected chi connectivity index (χ0v) is 21.2. The minimum atomic E-state index is -0.482. The van der Waals surface area contributed by atoms with Gasteiger partial charge in [0.25, 0.3) is 11.8 Å². The molecule has 37 heavy (non-hydrogen) atoms. The fourth-order valence-corrected chi connectivity index (χ4v) is 5.25. The Labute approximate surface area is 221 Å². The van der Waals surface area contributed by atoms with Gasteiger partial charge in [0, 0.05) is 50.0 Å². The Balaban J connectivity index is 1.28. The molecule has 1 fully saturated rings. The molecule has 2 aliphatic rings. The molecule has 3 aromatic carbocycles. The van der Waals surface area contributed by atoms with E-state index in [9.17, 15) is 14.4 Å². The van der Waals surface area contributed by atoms with Crippen LogP contribution in [0.3, 0.4) is 0 Å². The quantitative estimate of drug-likeness (QED) is 0.461. The fraction of sp³-hybridized carbons (Fsp3) is 0.276. The highest BCUT2D eigenvalue weighted by molar-refractivity contribution is 6.31. The van der Waals surface area contributed by atoms with Crippen LogP contribution in [0.5, 0.6) is 0 Å². The van der Waals surface area contributed by atoms with Crippen LogP contribution in [0, 0.1) is 0 Å². The van der Waals surface area contributed by atoms with Crippen molar-refractivity contribution in [3.05, 3.63) is 101 Å². The van der Waals surface area contributed by atoms with Gasteiger partial charge in [-0.15, -0.1) is 0 Å². The van der Waals surface area contributed by atoms with Crippen molar-refractivity contribution in [1.29, 1.82) is 0 Å². The summed E-state index contributed by atoms with van der Waals surface area (Å²) in [6.45, 7) is 3.44. The third-order valence-corrected chi connectivity index (χ3v) is 7.46. The molecule has 2 aliphatic heterocycles. The molecule has 7 nitrogen and oxygen atoms in total. The Morgan fingerprint density at radius 3 is 2.05 bits per heavy atom. The van der Waals surface area contributed by atoms with Gasteiger partial charge in [0.15, 0.2) is 0 Å². The lowest BCUT2D eigenvalue weighted by Crippen LogP contribution is -2.55. The molecule has 2 heterocycles. The van der Waals surface area contributed by atoms with Crippen LogP contribution in [0.25, 0.3) is 0 Å². The molecule has 1 unspecified atom stereocenters. The monoisotopic (exact) mass is 516 g/mol. The molecule has 0 aliphatic carbocycles. The molecule has 0 aromatic heterocycles. The maximum atomic E-state index is 13.5. The number of anilines is 1. The van der Waals surface area contributed by atoms with E-state index in [0.717, 1.165) is 24.3 Å². The van der Waals surface area contributed by atoms with Crippen molar-refractivity contribution < 1.29 is 14.4 Å². The molecule has 190 valence electrons. The Hall–Kier alpha value is -3.68. The van der Waals surface area contributed by atoms with Crippen LogP contribution >= 0.6 is 11.6 Å². The minimum absolute atomic E-state index is 0.135. The molecule has 5 rings (SSSR count). The summed E-state index contributed by atoms with van der Waals surface area (Å²) in [5.74, 6) is -0.737. The number of halogens is 1. The summed E-state index contributed by atoms with van der Waals surface area (Å²) in [7, 11) is 0. The SMILES string of the molecule is O=C(NCc1ccccc1Cl)C(CCN1C(=O)c2ccccc2C1=O)N1CCN(c2ccccc2)CC1. The van der Waals surface area contributed by atoms with E-state index in [-0.39, 0.29) is 24.3 Å². The van der Waals surface area contributed by atoms with Crippen LogP contribution in [0.1, 0.15) is 32.7 Å². The van der Waals surface area contributed by atoms with Crippen molar-refractivity contribution >= 4 is 35.0 Å². The van der Waals surface area contributed by atoms with E-state index in [1.165, 1.54) is 4.90 Å². The number of benzene rings is 3. The van der Waals surface area contributed by atoms with Gasteiger partial charge >= 0.3 is 0 Å². The van der Waals surface area contributed by atoms with Crippen molar-refractivity contribution in [3.63, 3.8) is 0 Å². The van der Waals surface area contributed by atoms with Crippen molar-refractivity contribution in [3.8, 4) is 0 Å². The first-order valence-corrected chi connectivity index (χ1v) is 12.9. The summed E-state index contributed by atoms with van der Waals surface area (Å²) in [4.78, 5) is 45.0. The maximum absolute atomic E-state index is 13.5. The maximum Gasteiger partial charge on any atom is 0.261 e. The first-order chi connectivity index (χ1) is 18.0. The highest BCUT2D eigenvalue weighted by atomic mass is 35.5. The van der Waals surface area contributed by atoms with Gasteiger partial charge in [-0.3, -0.25) is 24.2 Å². The lowest BCUT2D eigenvalue weighted by Gasteiger charge is -2.40. The number of nitrogens with one attached hydrogen (secondary N) is 1. The van der Waals surface area contributed by atoms with Crippen molar-refractivity contribution in [2.24, 2.45) is 0 Å². The highest BCUT2D eigenvalue weighted by Crippen LogP contribution is 2.24. The van der Waals surface area contributed by atoms with Gasteiger partial charge < -0.3 is 10.2 Å². The topological polar surface area (TPSA) is 73.0 Å². The molecule has 0 bridgehead atoms. The predicted octanol–water partition coefficient (Wildman–Crippen LogP) is 3.83. The molecule has 3 amide bonds. The summed E-state index contributed by atoms with van der Waals surface area (Å²) < 4.78 is 0. The van der Waals surface area contributed by atoms with E-state index in [2.05, 4.69) is 27.2 Å². The molecule has 8 heteroatoms. The van der Waals surface area contributed by atoms with Gasteiger partial charge in [0.2, 0.25) is 5.91 Å². The average molecular weight is 517 g/mol. The largest absolute Gasteiger partial charge is 0.369 e. The number of para-hydroxylation sites is 1. The number of carbonyl (C=O) groups is 3. The number of nitrogens with zero attached hydrogens (tertiary/aromatic N) is 3. The van der Waals surface area contributed by atoms with Crippen LogP contribution < -0.4 is 10.2 Å². The molecule has 1 N–H and O–H groups in total. The summed E-state index contributed by atoms with van der Waals surface area (Å²) in [6, 6.07) is 24.0. The predicted molar refractivity (Wildman–Crippen MR) is 144 cm³/mol. The fourth-order valence-electron chi connectivity index (χ4n) is 5.05. The summed E-state index contributed by atoms with van der Waals surface area (Å²) in [6.07, 6.45) is 0.352. The number of imide groups is 1. The number of hydrogen-bond donors (Lipinski definition) is 1. The van der Waals surface area contributed by atoms with E-state index in [1.807, 2.05) is 36.4 Å². The van der Waals surface area contributed by atoms with E-state index in [0.29, 0.717) is 42.2 Å². The van der Waals surface area contributed by atoms with Crippen LogP contribution in [0.4, 0.5) is 5.69 Å². The Morgan fingerprint density at radius 1 is 0.811 bits per heavy atom. The van der Waals surface area contributed by atoms with Crippen LogP contribution in [-0.4, -0.2) is 66.3 Å². The Kier molecular flexibility index (Phi) is 7.53. The summed E-state index contributed by atoms with van der Waals surface area (Å²) >= 11 is 6.28. The number of amides is 3. The average Bonchev–Trinajstić information content (AvgIpc) is 3.18. The van der Waals surface area contributed by atoms with Gasteiger partial charge in [-0.25, -0.2) is 0 Å². The molecule has 0 spiro atoms. The first-order valence-electron chi connectivity index (χ1n) is 12.5. The first kappa shape index (κ1) is 25.0. The molecule has 0 radical (unpaired) electrons. The molecule has 0 saturated carbocycles.